The number of para-hydroxylation sites is 2. The number of benzene rings is 3. The van der Waals surface area contributed by atoms with Crippen LogP contribution in [0.25, 0.3) is 21.8 Å². The van der Waals surface area contributed by atoms with E-state index < -0.39 is 16.1 Å². The first-order chi connectivity index (χ1) is 16.0. The number of fused-ring (bicyclic) bond motifs is 2. The zero-order valence-electron chi connectivity index (χ0n) is 17.1. The van der Waals surface area contributed by atoms with Crippen LogP contribution in [0.15, 0.2) is 102 Å². The van der Waals surface area contributed by atoms with Crippen LogP contribution in [0.4, 0.5) is 0 Å². The van der Waals surface area contributed by atoms with Crippen molar-refractivity contribution in [1.82, 2.24) is 9.97 Å². The molecule has 5 rings (SSSR count). The Morgan fingerprint density at radius 1 is 0.697 bits per heavy atom. The van der Waals surface area contributed by atoms with Gasteiger partial charge in [-0.25, -0.2) is 4.79 Å². The molecule has 8 heteroatoms. The summed E-state index contributed by atoms with van der Waals surface area (Å²) in [4.78, 5) is 21.1. The first kappa shape index (κ1) is 20.6. The van der Waals surface area contributed by atoms with E-state index in [1.165, 1.54) is 30.3 Å². The van der Waals surface area contributed by atoms with Gasteiger partial charge in [0.2, 0.25) is 0 Å². The lowest BCUT2D eigenvalue weighted by Gasteiger charge is -2.10. The van der Waals surface area contributed by atoms with Crippen molar-refractivity contribution in [2.45, 2.75) is 4.90 Å². The van der Waals surface area contributed by atoms with Gasteiger partial charge in [-0.3, -0.25) is 9.97 Å². The fraction of sp³-hybridized carbons (Fsp3) is 0. The molecule has 7 nitrogen and oxygen atoms in total. The van der Waals surface area contributed by atoms with Crippen LogP contribution in [0, 0.1) is 0 Å². The fourth-order valence-electron chi connectivity index (χ4n) is 3.41. The van der Waals surface area contributed by atoms with Gasteiger partial charge in [0.15, 0.2) is 11.5 Å². The number of nitrogens with zero attached hydrogens (tertiary/aromatic N) is 2. The van der Waals surface area contributed by atoms with E-state index in [2.05, 4.69) is 9.97 Å². The van der Waals surface area contributed by atoms with E-state index in [9.17, 15) is 13.2 Å². The SMILES string of the molecule is O=C(Oc1cccc2cccnc12)c1cccc(S(=O)(=O)Oc2cccc3cccnc23)c1. The summed E-state index contributed by atoms with van der Waals surface area (Å²) >= 11 is 0. The van der Waals surface area contributed by atoms with Crippen LogP contribution in [0.1, 0.15) is 10.4 Å². The molecule has 0 saturated carbocycles. The van der Waals surface area contributed by atoms with Gasteiger partial charge in [0.1, 0.15) is 15.9 Å². The maximum atomic E-state index is 12.9. The molecule has 5 aromatic rings. The molecule has 2 aromatic heterocycles. The van der Waals surface area contributed by atoms with Crippen molar-refractivity contribution in [2.75, 3.05) is 0 Å². The third-order valence-corrected chi connectivity index (χ3v) is 6.18. The second-order valence-corrected chi connectivity index (χ2v) is 8.66. The summed E-state index contributed by atoms with van der Waals surface area (Å²) in [6.45, 7) is 0. The number of rotatable bonds is 5. The lowest BCUT2D eigenvalue weighted by atomic mass is 10.2. The summed E-state index contributed by atoms with van der Waals surface area (Å²) in [5.74, 6) is -0.329. The zero-order chi connectivity index (χ0) is 22.8. The average molecular weight is 456 g/mol. The van der Waals surface area contributed by atoms with Gasteiger partial charge >= 0.3 is 16.1 Å². The van der Waals surface area contributed by atoms with E-state index in [0.717, 1.165) is 10.8 Å². The molecule has 33 heavy (non-hydrogen) atoms. The quantitative estimate of drug-likeness (QED) is 0.214. The molecule has 0 spiro atoms. The normalized spacial score (nSPS) is 11.4. The van der Waals surface area contributed by atoms with Gasteiger partial charge in [-0.05, 0) is 42.5 Å². The van der Waals surface area contributed by atoms with E-state index in [1.807, 2.05) is 12.1 Å². The van der Waals surface area contributed by atoms with Crippen LogP contribution in [0.2, 0.25) is 0 Å². The molecule has 0 fully saturated rings. The molecule has 0 unspecified atom stereocenters. The van der Waals surface area contributed by atoms with Gasteiger partial charge in [-0.2, -0.15) is 8.42 Å². The Morgan fingerprint density at radius 3 is 1.97 bits per heavy atom. The average Bonchev–Trinajstić information content (AvgIpc) is 2.84. The zero-order valence-corrected chi connectivity index (χ0v) is 17.9. The van der Waals surface area contributed by atoms with E-state index in [1.54, 1.807) is 54.9 Å². The maximum absolute atomic E-state index is 12.9. The molecular formula is C25H16N2O5S. The van der Waals surface area contributed by atoms with Gasteiger partial charge in [-0.1, -0.05) is 42.5 Å². The number of hydrogen-bond acceptors (Lipinski definition) is 7. The lowest BCUT2D eigenvalue weighted by Crippen LogP contribution is -2.13. The van der Waals surface area contributed by atoms with Crippen molar-refractivity contribution in [1.29, 1.82) is 0 Å². The number of carbonyl (C=O) groups excluding carboxylic acids is 1. The number of ether oxygens (including phenoxy) is 1. The van der Waals surface area contributed by atoms with Crippen LogP contribution in [0.5, 0.6) is 11.5 Å². The molecule has 0 amide bonds. The lowest BCUT2D eigenvalue weighted by molar-refractivity contribution is 0.0736. The Balaban J connectivity index is 1.44. The van der Waals surface area contributed by atoms with E-state index >= 15 is 0 Å². The van der Waals surface area contributed by atoms with E-state index in [0.29, 0.717) is 11.0 Å². The molecule has 162 valence electrons. The second kappa shape index (κ2) is 8.33. The minimum atomic E-state index is -4.23. The van der Waals surface area contributed by atoms with Crippen molar-refractivity contribution in [3.05, 3.63) is 103 Å². The first-order valence-corrected chi connectivity index (χ1v) is 11.4. The third kappa shape index (κ3) is 4.11. The van der Waals surface area contributed by atoms with Gasteiger partial charge in [0, 0.05) is 23.2 Å². The predicted molar refractivity (Wildman–Crippen MR) is 123 cm³/mol. The van der Waals surface area contributed by atoms with Crippen molar-refractivity contribution >= 4 is 37.9 Å². The van der Waals surface area contributed by atoms with Gasteiger partial charge in [0.25, 0.3) is 0 Å². The summed E-state index contributed by atoms with van der Waals surface area (Å²) in [5, 5.41) is 1.56. The molecule has 3 aromatic carbocycles. The Labute approximate surface area is 189 Å². The fourth-order valence-corrected chi connectivity index (χ4v) is 4.39. The highest BCUT2D eigenvalue weighted by Gasteiger charge is 2.21. The van der Waals surface area contributed by atoms with Crippen molar-refractivity contribution in [2.24, 2.45) is 0 Å². The first-order valence-electron chi connectivity index (χ1n) is 9.95. The van der Waals surface area contributed by atoms with E-state index in [4.69, 9.17) is 8.92 Å². The highest BCUT2D eigenvalue weighted by molar-refractivity contribution is 7.87. The van der Waals surface area contributed by atoms with Crippen LogP contribution < -0.4 is 8.92 Å². The van der Waals surface area contributed by atoms with Gasteiger partial charge in [-0.15, -0.1) is 0 Å². The number of aromatic nitrogens is 2. The smallest absolute Gasteiger partial charge is 0.343 e. The van der Waals surface area contributed by atoms with Gasteiger partial charge in [0.05, 0.1) is 5.56 Å². The topological polar surface area (TPSA) is 95.5 Å². The molecule has 0 aliphatic carbocycles. The van der Waals surface area contributed by atoms with Crippen LogP contribution >= 0.6 is 0 Å². The molecule has 0 N–H and O–H groups in total. The van der Waals surface area contributed by atoms with Gasteiger partial charge < -0.3 is 8.92 Å². The molecule has 0 radical (unpaired) electrons. The monoisotopic (exact) mass is 456 g/mol. The maximum Gasteiger partial charge on any atom is 0.343 e. The molecule has 0 aliphatic heterocycles. The molecular weight excluding hydrogens is 440 g/mol. The highest BCUT2D eigenvalue weighted by Crippen LogP contribution is 2.27. The van der Waals surface area contributed by atoms with Crippen molar-refractivity contribution in [3.8, 4) is 11.5 Å². The number of carbonyl (C=O) groups is 1. The number of hydrogen-bond donors (Lipinski definition) is 0. The standard InChI is InChI=1S/C25H16N2O5S/c28-25(31-21-12-2-6-17-9-4-14-26-23(17)21)19-8-1-11-20(16-19)33(29,30)32-22-13-3-7-18-10-5-15-27-24(18)22/h1-16H. The Hall–Kier alpha value is -4.30. The summed E-state index contributed by atoms with van der Waals surface area (Å²) in [6, 6.07) is 22.9. The summed E-state index contributed by atoms with van der Waals surface area (Å²) in [6.07, 6.45) is 3.16. The Bertz CT molecular complexity index is 1610. The molecule has 0 atom stereocenters. The summed E-state index contributed by atoms with van der Waals surface area (Å²) in [7, 11) is -4.23. The van der Waals surface area contributed by atoms with Crippen LogP contribution in [0.3, 0.4) is 0 Å². The van der Waals surface area contributed by atoms with Crippen LogP contribution in [-0.4, -0.2) is 24.4 Å². The summed E-state index contributed by atoms with van der Waals surface area (Å²) in [5.41, 5.74) is 1.01. The van der Waals surface area contributed by atoms with E-state index in [-0.39, 0.29) is 22.0 Å². The highest BCUT2D eigenvalue weighted by atomic mass is 32.2. The third-order valence-electron chi connectivity index (χ3n) is 4.95. The molecule has 0 aliphatic rings. The minimum Gasteiger partial charge on any atom is -0.421 e. The number of esters is 1. The Morgan fingerprint density at radius 2 is 1.27 bits per heavy atom. The summed E-state index contributed by atoms with van der Waals surface area (Å²) < 4.78 is 36.8. The van der Waals surface area contributed by atoms with Crippen molar-refractivity contribution < 1.29 is 22.1 Å². The van der Waals surface area contributed by atoms with Crippen LogP contribution in [-0.2, 0) is 10.1 Å². The number of pyridine rings is 2. The van der Waals surface area contributed by atoms with Crippen molar-refractivity contribution in [3.63, 3.8) is 0 Å². The predicted octanol–water partition coefficient (Wildman–Crippen LogP) is 4.77. The molecule has 0 bridgehead atoms. The second-order valence-electron chi connectivity index (χ2n) is 7.12. The largest absolute Gasteiger partial charge is 0.421 e. The minimum absolute atomic E-state index is 0.0589. The molecule has 0 saturated heterocycles. The molecule has 2 heterocycles. The Kier molecular flexibility index (Phi) is 5.20.